The number of benzene rings is 10. The summed E-state index contributed by atoms with van der Waals surface area (Å²) < 4.78 is 0. The van der Waals surface area contributed by atoms with Gasteiger partial charge in [-0.15, -0.1) is 0 Å². The van der Waals surface area contributed by atoms with Gasteiger partial charge in [0.2, 0.25) is 0 Å². The molecule has 2 nitrogen and oxygen atoms in total. The molecule has 10 aromatic carbocycles. The van der Waals surface area contributed by atoms with Gasteiger partial charge in [-0.25, -0.2) is 0 Å². The van der Waals surface area contributed by atoms with Crippen LogP contribution in [0.3, 0.4) is 0 Å². The fourth-order valence-electron chi connectivity index (χ4n) is 8.90. The average molecular weight is 773 g/mol. The Morgan fingerprint density at radius 3 is 0.917 bits per heavy atom. The molecule has 0 unspecified atom stereocenters. The molecule has 0 heterocycles. The average Bonchev–Trinajstić information content (AvgIpc) is 3.30. The number of nitrogens with zero attached hydrogens (tertiary/aromatic N) is 2. The summed E-state index contributed by atoms with van der Waals surface area (Å²) in [6.07, 6.45) is 0. The van der Waals surface area contributed by atoms with Crippen molar-refractivity contribution >= 4 is 66.4 Å². The standard InChI is InChI=1S/C58H48N2/c1-39(2)41-15-27-49(28-16-41)59(51-31-19-45(20-32-51)43-11-7-5-8-12-43)55-37-25-47-24-36-54-56(38-26-48-23-35-53(55)57(47)58(48)54)60(50-29-17-42(18-30-50)40(3)4)52-33-21-46(22-34-52)44-13-9-6-10-14-44/h5-40H,1-4H3. The van der Waals surface area contributed by atoms with Crippen LogP contribution in [0.4, 0.5) is 34.1 Å². The van der Waals surface area contributed by atoms with Crippen LogP contribution in [0.5, 0.6) is 0 Å². The summed E-state index contributed by atoms with van der Waals surface area (Å²) in [4.78, 5) is 4.87. The van der Waals surface area contributed by atoms with E-state index in [0.29, 0.717) is 11.8 Å². The van der Waals surface area contributed by atoms with E-state index in [1.54, 1.807) is 0 Å². The van der Waals surface area contributed by atoms with Crippen LogP contribution in [-0.2, 0) is 0 Å². The second-order valence-electron chi connectivity index (χ2n) is 16.6. The number of hydrogen-bond acceptors (Lipinski definition) is 2. The predicted octanol–water partition coefficient (Wildman–Crippen LogP) is 17.1. The Hall–Kier alpha value is -7.16. The topological polar surface area (TPSA) is 6.48 Å². The van der Waals surface area contributed by atoms with E-state index in [1.807, 2.05) is 0 Å². The van der Waals surface area contributed by atoms with Gasteiger partial charge in [-0.05, 0) is 127 Å². The first kappa shape index (κ1) is 37.1. The second kappa shape index (κ2) is 15.5. The predicted molar refractivity (Wildman–Crippen MR) is 259 cm³/mol. The number of rotatable bonds is 10. The van der Waals surface area contributed by atoms with Gasteiger partial charge in [0.15, 0.2) is 0 Å². The third kappa shape index (κ3) is 6.74. The molecule has 2 heteroatoms. The van der Waals surface area contributed by atoms with Crippen LogP contribution in [0.2, 0.25) is 0 Å². The summed E-state index contributed by atoms with van der Waals surface area (Å²) in [7, 11) is 0. The molecule has 60 heavy (non-hydrogen) atoms. The van der Waals surface area contributed by atoms with Crippen molar-refractivity contribution in [1.29, 1.82) is 0 Å². The van der Waals surface area contributed by atoms with E-state index >= 15 is 0 Å². The molecule has 0 aliphatic rings. The van der Waals surface area contributed by atoms with Crippen molar-refractivity contribution in [2.75, 3.05) is 9.80 Å². The summed E-state index contributed by atoms with van der Waals surface area (Å²) in [6, 6.07) is 76.0. The molecule has 0 saturated carbocycles. The molecule has 0 aliphatic heterocycles. The van der Waals surface area contributed by atoms with Gasteiger partial charge >= 0.3 is 0 Å². The van der Waals surface area contributed by atoms with E-state index in [9.17, 15) is 0 Å². The normalized spacial score (nSPS) is 11.6. The Morgan fingerprint density at radius 1 is 0.283 bits per heavy atom. The maximum Gasteiger partial charge on any atom is 0.0540 e. The van der Waals surface area contributed by atoms with E-state index in [-0.39, 0.29) is 0 Å². The minimum atomic E-state index is 0.455. The minimum Gasteiger partial charge on any atom is -0.310 e. The van der Waals surface area contributed by atoms with Gasteiger partial charge in [0.25, 0.3) is 0 Å². The summed E-state index contributed by atoms with van der Waals surface area (Å²) in [5.74, 6) is 0.909. The van der Waals surface area contributed by atoms with Gasteiger partial charge < -0.3 is 9.80 Å². The lowest BCUT2D eigenvalue weighted by atomic mass is 9.91. The van der Waals surface area contributed by atoms with Gasteiger partial charge in [-0.3, -0.25) is 0 Å². The van der Waals surface area contributed by atoms with Crippen LogP contribution >= 0.6 is 0 Å². The molecule has 0 bridgehead atoms. The first-order valence-corrected chi connectivity index (χ1v) is 21.2. The third-order valence-corrected chi connectivity index (χ3v) is 12.2. The quantitative estimate of drug-likeness (QED) is 0.128. The van der Waals surface area contributed by atoms with Crippen molar-refractivity contribution < 1.29 is 0 Å². The van der Waals surface area contributed by atoms with Crippen molar-refractivity contribution in [2.45, 2.75) is 39.5 Å². The van der Waals surface area contributed by atoms with Crippen LogP contribution < -0.4 is 9.80 Å². The maximum atomic E-state index is 2.43. The Balaban J connectivity index is 1.16. The van der Waals surface area contributed by atoms with Gasteiger partial charge in [0.1, 0.15) is 0 Å². The summed E-state index contributed by atoms with van der Waals surface area (Å²) in [6.45, 7) is 9.02. The molecular weight excluding hydrogens is 725 g/mol. The Labute approximate surface area is 354 Å². The molecule has 0 spiro atoms. The SMILES string of the molecule is CC(C)c1ccc(N(c2ccc(-c3ccccc3)cc2)c2ccc3ccc4c(N(c5ccc(-c6ccccc6)cc5)c5ccc(C(C)C)cc5)ccc5ccc2c3c54)cc1. The van der Waals surface area contributed by atoms with E-state index in [0.717, 1.165) is 34.1 Å². The largest absolute Gasteiger partial charge is 0.310 e. The molecule has 0 fully saturated rings. The molecule has 10 rings (SSSR count). The highest BCUT2D eigenvalue weighted by atomic mass is 15.1. The highest BCUT2D eigenvalue weighted by molar-refractivity contribution is 6.28. The van der Waals surface area contributed by atoms with Crippen molar-refractivity contribution in [3.05, 3.63) is 217 Å². The van der Waals surface area contributed by atoms with Gasteiger partial charge in [0.05, 0.1) is 11.4 Å². The zero-order valence-corrected chi connectivity index (χ0v) is 34.7. The first-order valence-electron chi connectivity index (χ1n) is 21.2. The van der Waals surface area contributed by atoms with Crippen LogP contribution in [0, 0.1) is 0 Å². The number of anilines is 6. The van der Waals surface area contributed by atoms with Crippen LogP contribution in [-0.4, -0.2) is 0 Å². The smallest absolute Gasteiger partial charge is 0.0540 e. The van der Waals surface area contributed by atoms with E-state index < -0.39 is 0 Å². The molecule has 0 aliphatic carbocycles. The van der Waals surface area contributed by atoms with Crippen molar-refractivity contribution in [3.8, 4) is 22.3 Å². The van der Waals surface area contributed by atoms with Crippen molar-refractivity contribution in [3.63, 3.8) is 0 Å². The molecule has 0 atom stereocenters. The van der Waals surface area contributed by atoms with E-state index in [2.05, 4.69) is 244 Å². The fourth-order valence-corrected chi connectivity index (χ4v) is 8.90. The summed E-state index contributed by atoms with van der Waals surface area (Å²) >= 11 is 0. The van der Waals surface area contributed by atoms with Crippen LogP contribution in [0.1, 0.15) is 50.7 Å². The molecule has 290 valence electrons. The van der Waals surface area contributed by atoms with Gasteiger partial charge in [-0.2, -0.15) is 0 Å². The lowest BCUT2D eigenvalue weighted by Crippen LogP contribution is -2.11. The van der Waals surface area contributed by atoms with Crippen molar-refractivity contribution in [2.24, 2.45) is 0 Å². The fraction of sp³-hybridized carbons (Fsp3) is 0.103. The maximum absolute atomic E-state index is 2.43. The molecule has 0 radical (unpaired) electrons. The summed E-state index contributed by atoms with van der Waals surface area (Å²) in [5.41, 5.74) is 14.3. The van der Waals surface area contributed by atoms with Crippen LogP contribution in [0.25, 0.3) is 54.6 Å². The highest BCUT2D eigenvalue weighted by Gasteiger charge is 2.22. The molecule has 0 saturated heterocycles. The summed E-state index contributed by atoms with van der Waals surface area (Å²) in [5, 5.41) is 7.48. The van der Waals surface area contributed by atoms with Gasteiger partial charge in [-0.1, -0.05) is 173 Å². The molecular formula is C58H48N2. The third-order valence-electron chi connectivity index (χ3n) is 12.2. The molecule has 0 aromatic heterocycles. The molecule has 0 N–H and O–H groups in total. The molecule has 10 aromatic rings. The first-order chi connectivity index (χ1) is 29.4. The highest BCUT2D eigenvalue weighted by Crippen LogP contribution is 2.48. The van der Waals surface area contributed by atoms with Crippen LogP contribution in [0.15, 0.2) is 206 Å². The van der Waals surface area contributed by atoms with Crippen molar-refractivity contribution in [1.82, 2.24) is 0 Å². The Morgan fingerprint density at radius 2 is 0.583 bits per heavy atom. The lowest BCUT2D eigenvalue weighted by molar-refractivity contribution is 0.866. The van der Waals surface area contributed by atoms with Gasteiger partial charge in [0, 0.05) is 33.5 Å². The van der Waals surface area contributed by atoms with E-state index in [1.165, 1.54) is 65.7 Å². The Bertz CT molecular complexity index is 2830. The lowest BCUT2D eigenvalue weighted by Gasteiger charge is -2.30. The molecule has 0 amide bonds. The second-order valence-corrected chi connectivity index (χ2v) is 16.6. The zero-order chi connectivity index (χ0) is 40.7. The zero-order valence-electron chi connectivity index (χ0n) is 34.7. The minimum absolute atomic E-state index is 0.455. The van der Waals surface area contributed by atoms with E-state index in [4.69, 9.17) is 0 Å². The Kier molecular flexibility index (Phi) is 9.62. The monoisotopic (exact) mass is 772 g/mol. The number of hydrogen-bond donors (Lipinski definition) is 0.